The molecule has 0 spiro atoms. The molecule has 1 atom stereocenters. The topological polar surface area (TPSA) is 69.9 Å². The van der Waals surface area contributed by atoms with Crippen molar-refractivity contribution in [2.45, 2.75) is 12.7 Å². The maximum Gasteiger partial charge on any atom is 0.349 e. The van der Waals surface area contributed by atoms with Gasteiger partial charge < -0.3 is 9.79 Å². The summed E-state index contributed by atoms with van der Waals surface area (Å²) in [5.41, 5.74) is 0.827. The van der Waals surface area contributed by atoms with E-state index in [9.17, 15) is 4.57 Å². The Hall–Kier alpha value is -0.960. The van der Waals surface area contributed by atoms with Crippen molar-refractivity contribution in [1.29, 1.82) is 0 Å². The van der Waals surface area contributed by atoms with Gasteiger partial charge in [0.25, 0.3) is 0 Å². The lowest BCUT2D eigenvalue weighted by atomic mass is 10.2. The summed E-state index contributed by atoms with van der Waals surface area (Å²) in [4.78, 5) is 21.3. The Kier molecular flexibility index (Phi) is 3.58. The summed E-state index contributed by atoms with van der Waals surface area (Å²) in [5, 5.41) is 0. The van der Waals surface area contributed by atoms with Gasteiger partial charge in [-0.2, -0.15) is 0 Å². The molecule has 0 bridgehead atoms. The Balaban J connectivity index is 2.70. The molecule has 0 aromatic heterocycles. The van der Waals surface area contributed by atoms with Crippen molar-refractivity contribution in [2.24, 2.45) is 4.99 Å². The Bertz CT molecular complexity index is 358. The smallest absolute Gasteiger partial charge is 0.323 e. The van der Waals surface area contributed by atoms with E-state index < -0.39 is 13.4 Å². The molecule has 0 saturated heterocycles. The first kappa shape index (κ1) is 11.1. The lowest BCUT2D eigenvalue weighted by Gasteiger charge is -2.07. The highest BCUT2D eigenvalue weighted by Gasteiger charge is 2.21. The van der Waals surface area contributed by atoms with Crippen LogP contribution in [0.4, 0.5) is 0 Å². The average Bonchev–Trinajstić information content (AvgIpc) is 2.14. The molecule has 0 heterocycles. The average molecular weight is 213 g/mol. The standard InChI is InChI=1S/C9H12NO3P/c1-8(14(11,12)13)10-7-9-5-3-2-4-6-9/h2-8H,1H3,(H2,11,12,13)/t8-/m1/s1. The molecule has 76 valence electrons. The van der Waals surface area contributed by atoms with Gasteiger partial charge in [-0.3, -0.25) is 9.56 Å². The normalized spacial score (nSPS) is 14.5. The minimum Gasteiger partial charge on any atom is -0.323 e. The second-order valence-electron chi connectivity index (χ2n) is 2.91. The van der Waals surface area contributed by atoms with Crippen LogP contribution in [0.1, 0.15) is 12.5 Å². The number of benzene rings is 1. The zero-order valence-electron chi connectivity index (χ0n) is 7.74. The fourth-order valence-electron chi connectivity index (χ4n) is 0.820. The monoisotopic (exact) mass is 213 g/mol. The molecule has 0 aliphatic carbocycles. The van der Waals surface area contributed by atoms with Crippen LogP contribution in [0.15, 0.2) is 35.3 Å². The van der Waals surface area contributed by atoms with Crippen molar-refractivity contribution >= 4 is 13.8 Å². The van der Waals surface area contributed by atoms with E-state index in [1.54, 1.807) is 0 Å². The van der Waals surface area contributed by atoms with Crippen molar-refractivity contribution in [3.8, 4) is 0 Å². The summed E-state index contributed by atoms with van der Waals surface area (Å²) in [7, 11) is -4.09. The fraction of sp³-hybridized carbons (Fsp3) is 0.222. The first-order chi connectivity index (χ1) is 6.50. The third-order valence-corrected chi connectivity index (χ3v) is 2.83. The van der Waals surface area contributed by atoms with Crippen LogP contribution in [0.25, 0.3) is 0 Å². The first-order valence-electron chi connectivity index (χ1n) is 4.13. The summed E-state index contributed by atoms with van der Waals surface area (Å²) < 4.78 is 10.7. The molecule has 1 aromatic carbocycles. The Labute approximate surface area is 82.5 Å². The van der Waals surface area contributed by atoms with Gasteiger partial charge in [0.2, 0.25) is 0 Å². The maximum absolute atomic E-state index is 10.7. The highest BCUT2D eigenvalue weighted by atomic mass is 31.2. The van der Waals surface area contributed by atoms with E-state index in [0.29, 0.717) is 0 Å². The summed E-state index contributed by atoms with van der Waals surface area (Å²) >= 11 is 0. The Morgan fingerprint density at radius 3 is 2.43 bits per heavy atom. The quantitative estimate of drug-likeness (QED) is 0.592. The lowest BCUT2D eigenvalue weighted by Crippen LogP contribution is -1.99. The zero-order chi connectivity index (χ0) is 10.6. The number of rotatable bonds is 3. The van der Waals surface area contributed by atoms with Crippen molar-refractivity contribution in [1.82, 2.24) is 0 Å². The van der Waals surface area contributed by atoms with E-state index >= 15 is 0 Å². The number of nitrogens with zero attached hydrogens (tertiary/aromatic N) is 1. The van der Waals surface area contributed by atoms with Crippen molar-refractivity contribution < 1.29 is 14.4 Å². The highest BCUT2D eigenvalue weighted by molar-refractivity contribution is 7.52. The van der Waals surface area contributed by atoms with Gasteiger partial charge in [0.05, 0.1) is 0 Å². The summed E-state index contributed by atoms with van der Waals surface area (Å²) in [6.07, 6.45) is 1.46. The predicted molar refractivity (Wildman–Crippen MR) is 55.5 cm³/mol. The summed E-state index contributed by atoms with van der Waals surface area (Å²) in [6, 6.07) is 9.17. The van der Waals surface area contributed by atoms with Crippen molar-refractivity contribution in [3.63, 3.8) is 0 Å². The third-order valence-electron chi connectivity index (χ3n) is 1.73. The van der Waals surface area contributed by atoms with Gasteiger partial charge in [-0.25, -0.2) is 0 Å². The van der Waals surface area contributed by atoms with E-state index in [0.717, 1.165) is 5.56 Å². The SMILES string of the molecule is C[C@H](N=Cc1ccccc1)P(=O)(O)O. The largest absolute Gasteiger partial charge is 0.349 e. The maximum atomic E-state index is 10.7. The molecule has 0 aliphatic heterocycles. The summed E-state index contributed by atoms with van der Waals surface area (Å²) in [6.45, 7) is 1.39. The van der Waals surface area contributed by atoms with E-state index in [4.69, 9.17) is 9.79 Å². The molecule has 0 amide bonds. The van der Waals surface area contributed by atoms with E-state index in [1.807, 2.05) is 30.3 Å². The minimum atomic E-state index is -4.09. The number of aliphatic imine (C=N–C) groups is 1. The van der Waals surface area contributed by atoms with Gasteiger partial charge in [-0.05, 0) is 12.5 Å². The highest BCUT2D eigenvalue weighted by Crippen LogP contribution is 2.41. The molecule has 0 fully saturated rings. The van der Waals surface area contributed by atoms with E-state index in [-0.39, 0.29) is 0 Å². The van der Waals surface area contributed by atoms with Gasteiger partial charge in [0.15, 0.2) is 0 Å². The molecule has 0 unspecified atom stereocenters. The van der Waals surface area contributed by atoms with Crippen LogP contribution in [0.2, 0.25) is 0 Å². The van der Waals surface area contributed by atoms with Gasteiger partial charge in [-0.1, -0.05) is 30.3 Å². The summed E-state index contributed by atoms with van der Waals surface area (Å²) in [5.74, 6) is -0.984. The third kappa shape index (κ3) is 3.42. The zero-order valence-corrected chi connectivity index (χ0v) is 8.63. The first-order valence-corrected chi connectivity index (χ1v) is 5.82. The second kappa shape index (κ2) is 4.51. The molecule has 0 saturated carbocycles. The predicted octanol–water partition coefficient (Wildman–Crippen LogP) is 1.63. The van der Waals surface area contributed by atoms with E-state index in [1.165, 1.54) is 13.1 Å². The van der Waals surface area contributed by atoms with Crippen molar-refractivity contribution in [2.75, 3.05) is 0 Å². The molecule has 4 nitrogen and oxygen atoms in total. The Morgan fingerprint density at radius 1 is 1.36 bits per heavy atom. The molecular weight excluding hydrogens is 201 g/mol. The molecule has 0 aliphatic rings. The van der Waals surface area contributed by atoms with Gasteiger partial charge in [-0.15, -0.1) is 0 Å². The van der Waals surface area contributed by atoms with Crippen LogP contribution in [-0.4, -0.2) is 21.8 Å². The van der Waals surface area contributed by atoms with Gasteiger partial charge in [0, 0.05) is 6.21 Å². The minimum absolute atomic E-state index is 0.827. The van der Waals surface area contributed by atoms with Crippen LogP contribution < -0.4 is 0 Å². The lowest BCUT2D eigenvalue weighted by molar-refractivity contribution is 0.362. The molecule has 1 rings (SSSR count). The number of hydrogen-bond donors (Lipinski definition) is 2. The van der Waals surface area contributed by atoms with Crippen LogP contribution in [0.5, 0.6) is 0 Å². The van der Waals surface area contributed by atoms with Crippen LogP contribution >= 0.6 is 7.60 Å². The van der Waals surface area contributed by atoms with Gasteiger partial charge >= 0.3 is 7.60 Å². The van der Waals surface area contributed by atoms with Crippen LogP contribution in [0.3, 0.4) is 0 Å². The second-order valence-corrected chi connectivity index (χ2v) is 4.84. The molecular formula is C9H12NO3P. The molecule has 2 N–H and O–H groups in total. The molecule has 14 heavy (non-hydrogen) atoms. The fourth-order valence-corrected chi connectivity index (χ4v) is 1.06. The van der Waals surface area contributed by atoms with Gasteiger partial charge in [0.1, 0.15) is 5.78 Å². The van der Waals surface area contributed by atoms with Crippen LogP contribution in [0, 0.1) is 0 Å². The van der Waals surface area contributed by atoms with Crippen LogP contribution in [-0.2, 0) is 4.57 Å². The Morgan fingerprint density at radius 2 is 1.93 bits per heavy atom. The van der Waals surface area contributed by atoms with Crippen molar-refractivity contribution in [3.05, 3.63) is 35.9 Å². The van der Waals surface area contributed by atoms with E-state index in [2.05, 4.69) is 4.99 Å². The molecule has 0 radical (unpaired) electrons. The molecule has 1 aromatic rings. The number of hydrogen-bond acceptors (Lipinski definition) is 2. The molecule has 5 heteroatoms.